The van der Waals surface area contributed by atoms with Gasteiger partial charge in [-0.3, -0.25) is 4.79 Å². The van der Waals surface area contributed by atoms with E-state index < -0.39 is 12.1 Å². The highest BCUT2D eigenvalue weighted by Crippen LogP contribution is 2.31. The van der Waals surface area contributed by atoms with Crippen molar-refractivity contribution in [3.05, 3.63) is 106 Å². The molecule has 2 aromatic heterocycles. The number of nitrogens with zero attached hydrogens (tertiary/aromatic N) is 3. The highest BCUT2D eigenvalue weighted by molar-refractivity contribution is 7.13. The van der Waals surface area contributed by atoms with Gasteiger partial charge in [-0.2, -0.15) is 5.10 Å². The topological polar surface area (TPSA) is 69.0 Å². The Balaban J connectivity index is 1.45. The monoisotopic (exact) mass is 518 g/mol. The van der Waals surface area contributed by atoms with Crippen molar-refractivity contribution in [3.63, 3.8) is 0 Å². The highest BCUT2D eigenvalue weighted by Gasteiger charge is 2.26. The molecule has 0 saturated carbocycles. The van der Waals surface area contributed by atoms with Crippen LogP contribution < -0.4 is 10.1 Å². The van der Waals surface area contributed by atoms with Gasteiger partial charge in [-0.05, 0) is 86.5 Å². The average Bonchev–Trinajstić information content (AvgIpc) is 3.49. The molecule has 2 atom stereocenters. The maximum absolute atomic E-state index is 13.9. The van der Waals surface area contributed by atoms with Gasteiger partial charge in [0.05, 0.1) is 23.4 Å². The lowest BCUT2D eigenvalue weighted by Crippen LogP contribution is -2.39. The molecule has 0 spiro atoms. The normalized spacial score (nSPS) is 12.9. The third kappa shape index (κ3) is 5.22. The van der Waals surface area contributed by atoms with Crippen LogP contribution in [0.3, 0.4) is 0 Å². The van der Waals surface area contributed by atoms with E-state index >= 15 is 0 Å². The Labute approximate surface area is 216 Å². The molecule has 0 saturated heterocycles. The summed E-state index contributed by atoms with van der Waals surface area (Å²) in [4.78, 5) is 17.9. The Hall–Kier alpha value is -4.11. The molecule has 5 rings (SSSR count). The first-order valence-electron chi connectivity index (χ1n) is 11.7. The van der Waals surface area contributed by atoms with Gasteiger partial charge in [0, 0.05) is 16.5 Å². The molecule has 37 heavy (non-hydrogen) atoms. The number of aromatic nitrogens is 3. The van der Waals surface area contributed by atoms with Crippen molar-refractivity contribution in [2.24, 2.45) is 0 Å². The number of amides is 1. The number of carbonyl (C=O) groups excluding carboxylic acids is 1. The van der Waals surface area contributed by atoms with Crippen molar-refractivity contribution in [2.75, 3.05) is 0 Å². The molecule has 5 aromatic rings. The van der Waals surface area contributed by atoms with Gasteiger partial charge in [-0.25, -0.2) is 18.4 Å². The number of hydrogen-bond donors (Lipinski definition) is 1. The van der Waals surface area contributed by atoms with Gasteiger partial charge in [0.1, 0.15) is 23.5 Å². The van der Waals surface area contributed by atoms with Crippen molar-refractivity contribution in [2.45, 2.75) is 32.9 Å². The summed E-state index contributed by atoms with van der Waals surface area (Å²) in [6, 6.07) is 15.7. The van der Waals surface area contributed by atoms with Crippen LogP contribution in [0, 0.1) is 25.5 Å². The molecule has 1 amide bonds. The number of carbonyl (C=O) groups is 1. The summed E-state index contributed by atoms with van der Waals surface area (Å²) in [6.07, 6.45) is 2.76. The number of nitrogens with one attached hydrogen (secondary N) is 1. The minimum absolute atomic E-state index is 0.296. The van der Waals surface area contributed by atoms with E-state index in [0.29, 0.717) is 16.3 Å². The van der Waals surface area contributed by atoms with Gasteiger partial charge >= 0.3 is 0 Å². The van der Waals surface area contributed by atoms with Crippen LogP contribution in [0.5, 0.6) is 5.75 Å². The number of aryl methyl sites for hydroxylation is 2. The summed E-state index contributed by atoms with van der Waals surface area (Å²) in [6.45, 7) is 5.54. The molecule has 0 bridgehead atoms. The summed E-state index contributed by atoms with van der Waals surface area (Å²) in [5.74, 6) is -0.394. The maximum Gasteiger partial charge on any atom is 0.280 e. The third-order valence-electron chi connectivity index (χ3n) is 6.04. The van der Waals surface area contributed by atoms with Gasteiger partial charge in [-0.15, -0.1) is 11.3 Å². The smallest absolute Gasteiger partial charge is 0.280 e. The van der Waals surface area contributed by atoms with Gasteiger partial charge < -0.3 is 10.1 Å². The summed E-state index contributed by atoms with van der Waals surface area (Å²) in [5.41, 5.74) is 3.03. The minimum Gasteiger partial charge on any atom is -0.484 e. The van der Waals surface area contributed by atoms with E-state index in [2.05, 4.69) is 15.4 Å². The number of halogens is 2. The van der Waals surface area contributed by atoms with E-state index in [1.807, 2.05) is 39.0 Å². The lowest BCUT2D eigenvalue weighted by atomic mass is 9.98. The zero-order chi connectivity index (χ0) is 26.1. The molecular weight excluding hydrogens is 494 g/mol. The van der Waals surface area contributed by atoms with E-state index in [9.17, 15) is 13.6 Å². The van der Waals surface area contributed by atoms with E-state index in [4.69, 9.17) is 4.74 Å². The molecule has 1 N–H and O–H groups in total. The Morgan fingerprint density at radius 1 is 1.00 bits per heavy atom. The molecule has 188 valence electrons. The zero-order valence-corrected chi connectivity index (χ0v) is 21.2. The Morgan fingerprint density at radius 3 is 2.46 bits per heavy atom. The second-order valence-corrected chi connectivity index (χ2v) is 10.1. The summed E-state index contributed by atoms with van der Waals surface area (Å²) in [5, 5.41) is 8.62. The molecule has 2 unspecified atom stereocenters. The molecule has 6 nitrogen and oxygen atoms in total. The molecule has 0 fully saturated rings. The second kappa shape index (κ2) is 10.1. The fourth-order valence-corrected chi connectivity index (χ4v) is 4.88. The lowest BCUT2D eigenvalue weighted by Gasteiger charge is -2.27. The SMILES string of the molecule is Cc1cnc(C(=O)NC(C)C(Oc2ccc3c(cnn3-c3ccc(F)cc3)c2)c2ccc(F)cc2C)s1. The van der Waals surface area contributed by atoms with E-state index in [1.165, 1.54) is 35.6 Å². The number of fused-ring (bicyclic) bond motifs is 1. The summed E-state index contributed by atoms with van der Waals surface area (Å²) >= 11 is 1.31. The molecular formula is C28H24F2N4O2S. The van der Waals surface area contributed by atoms with Crippen LogP contribution in [0.25, 0.3) is 16.6 Å². The van der Waals surface area contributed by atoms with Gasteiger partial charge in [0.2, 0.25) is 0 Å². The van der Waals surface area contributed by atoms with Crippen molar-refractivity contribution in [1.29, 1.82) is 0 Å². The highest BCUT2D eigenvalue weighted by atomic mass is 32.1. The number of benzene rings is 3. The van der Waals surface area contributed by atoms with Gasteiger partial charge in [0.25, 0.3) is 5.91 Å². The van der Waals surface area contributed by atoms with E-state index in [-0.39, 0.29) is 17.5 Å². The molecule has 2 heterocycles. The van der Waals surface area contributed by atoms with Crippen LogP contribution in [0.2, 0.25) is 0 Å². The Bertz CT molecular complexity index is 1580. The first kappa shape index (κ1) is 24.6. The van der Waals surface area contributed by atoms with Crippen molar-refractivity contribution >= 4 is 28.1 Å². The number of ether oxygens (including phenoxy) is 1. The predicted molar refractivity (Wildman–Crippen MR) is 139 cm³/mol. The molecule has 0 radical (unpaired) electrons. The number of hydrogen-bond acceptors (Lipinski definition) is 5. The van der Waals surface area contributed by atoms with Crippen LogP contribution in [0.15, 0.2) is 73.1 Å². The van der Waals surface area contributed by atoms with Crippen molar-refractivity contribution in [1.82, 2.24) is 20.1 Å². The first-order valence-corrected chi connectivity index (χ1v) is 12.5. The third-order valence-corrected chi connectivity index (χ3v) is 6.95. The zero-order valence-electron chi connectivity index (χ0n) is 20.4. The van der Waals surface area contributed by atoms with Crippen molar-refractivity contribution < 1.29 is 18.3 Å². The molecule has 0 aliphatic rings. The minimum atomic E-state index is -0.602. The maximum atomic E-state index is 13.9. The molecule has 9 heteroatoms. The number of thiazole rings is 1. The lowest BCUT2D eigenvalue weighted by molar-refractivity contribution is 0.0881. The summed E-state index contributed by atoms with van der Waals surface area (Å²) in [7, 11) is 0. The molecule has 0 aliphatic heterocycles. The summed E-state index contributed by atoms with van der Waals surface area (Å²) < 4.78 is 35.4. The second-order valence-electron chi connectivity index (χ2n) is 8.83. The van der Waals surface area contributed by atoms with Gasteiger partial charge in [0.15, 0.2) is 5.01 Å². The van der Waals surface area contributed by atoms with Crippen LogP contribution >= 0.6 is 11.3 Å². The first-order chi connectivity index (χ1) is 17.8. The van der Waals surface area contributed by atoms with Gasteiger partial charge in [-0.1, -0.05) is 6.07 Å². The predicted octanol–water partition coefficient (Wildman–Crippen LogP) is 6.32. The average molecular weight is 519 g/mol. The molecule has 0 aliphatic carbocycles. The standard InChI is InChI=1S/C28H24F2N4O2S/c1-16-12-21(30)6-10-24(16)26(18(3)33-27(35)28-31-14-17(2)37-28)36-23-9-11-25-19(13-23)15-32-34(25)22-7-4-20(29)5-8-22/h4-15,18,26H,1-3H3,(H,33,35). The van der Waals surface area contributed by atoms with Crippen LogP contribution in [0.1, 0.15) is 38.8 Å². The number of rotatable bonds is 7. The fraction of sp³-hybridized carbons (Fsp3) is 0.179. The fourth-order valence-electron chi connectivity index (χ4n) is 4.22. The molecule has 3 aromatic carbocycles. The van der Waals surface area contributed by atoms with Crippen LogP contribution in [-0.4, -0.2) is 26.7 Å². The van der Waals surface area contributed by atoms with Crippen LogP contribution in [-0.2, 0) is 0 Å². The quantitative estimate of drug-likeness (QED) is 0.274. The van der Waals surface area contributed by atoms with Crippen LogP contribution in [0.4, 0.5) is 8.78 Å². The largest absolute Gasteiger partial charge is 0.484 e. The Morgan fingerprint density at radius 2 is 1.76 bits per heavy atom. The Kier molecular flexibility index (Phi) is 6.71. The van der Waals surface area contributed by atoms with Crippen molar-refractivity contribution in [3.8, 4) is 11.4 Å². The van der Waals surface area contributed by atoms with E-state index in [1.54, 1.807) is 35.3 Å². The van der Waals surface area contributed by atoms with E-state index in [0.717, 1.165) is 27.0 Å².